The Bertz CT molecular complexity index is 423. The fraction of sp³-hybridized carbons (Fsp3) is 0.571. The Morgan fingerprint density at radius 3 is 0.913 bits per heavy atom. The SMILES string of the molecule is C[Si](C(=O)OC(F)(F)F)(C(=O)OC(F)(F)F)C(=O)OC(F)(F)F. The third kappa shape index (κ3) is 6.74. The highest BCUT2D eigenvalue weighted by molar-refractivity contribution is 7.38. The van der Waals surface area contributed by atoms with Crippen LogP contribution >= 0.6 is 0 Å². The van der Waals surface area contributed by atoms with E-state index in [1.807, 2.05) is 0 Å². The zero-order chi connectivity index (χ0) is 18.9. The van der Waals surface area contributed by atoms with Crippen molar-refractivity contribution in [3.05, 3.63) is 0 Å². The van der Waals surface area contributed by atoms with Crippen LogP contribution < -0.4 is 0 Å². The van der Waals surface area contributed by atoms with Crippen molar-refractivity contribution in [1.29, 1.82) is 0 Å². The van der Waals surface area contributed by atoms with E-state index in [1.165, 1.54) is 0 Å². The van der Waals surface area contributed by atoms with Gasteiger partial charge in [-0.1, -0.05) is 0 Å². The van der Waals surface area contributed by atoms with Crippen molar-refractivity contribution in [3.63, 3.8) is 0 Å². The summed E-state index contributed by atoms with van der Waals surface area (Å²) in [6.07, 6.45) is -17.7. The van der Waals surface area contributed by atoms with Crippen LogP contribution in [0.4, 0.5) is 53.9 Å². The Hall–Kier alpha value is -2.00. The molecule has 0 aliphatic heterocycles. The highest BCUT2D eigenvalue weighted by Crippen LogP contribution is 2.28. The lowest BCUT2D eigenvalue weighted by Gasteiger charge is -2.22. The van der Waals surface area contributed by atoms with E-state index < -0.39 is 43.9 Å². The minimum absolute atomic E-state index is 0.191. The molecule has 0 aromatic rings. The minimum Gasteiger partial charge on any atom is -0.377 e. The summed E-state index contributed by atoms with van der Waals surface area (Å²) in [7, 11) is -6.13. The standard InChI is InChI=1S/C7H3F9O6Si/c1-23(2(17)20-5(8,9)10,3(18)21-6(11,12)13)4(19)22-7(14,15)16/h1H3. The van der Waals surface area contributed by atoms with E-state index in [0.717, 1.165) is 0 Å². The number of hydrogen-bond donors (Lipinski definition) is 0. The molecule has 0 heterocycles. The molecule has 0 amide bonds. The first-order chi connectivity index (χ1) is 9.88. The van der Waals surface area contributed by atoms with Crippen molar-refractivity contribution in [3.8, 4) is 0 Å². The van der Waals surface area contributed by atoms with E-state index >= 15 is 0 Å². The van der Waals surface area contributed by atoms with Crippen LogP contribution in [0.15, 0.2) is 0 Å². The summed E-state index contributed by atoms with van der Waals surface area (Å²) >= 11 is 0. The van der Waals surface area contributed by atoms with E-state index in [-0.39, 0.29) is 6.55 Å². The fourth-order valence-corrected chi connectivity index (χ4v) is 2.33. The number of hydrogen-bond acceptors (Lipinski definition) is 6. The van der Waals surface area contributed by atoms with Crippen LogP contribution in [0, 0.1) is 0 Å². The molecule has 0 fully saturated rings. The molecule has 6 nitrogen and oxygen atoms in total. The number of ether oxygens (including phenoxy) is 3. The van der Waals surface area contributed by atoms with Crippen LogP contribution in [0.3, 0.4) is 0 Å². The molecule has 0 spiro atoms. The molecule has 134 valence electrons. The molecule has 23 heavy (non-hydrogen) atoms. The molecule has 0 aliphatic carbocycles. The van der Waals surface area contributed by atoms with Crippen molar-refractivity contribution >= 4 is 24.9 Å². The summed E-state index contributed by atoms with van der Waals surface area (Å²) in [5.41, 5.74) is -8.93. The highest BCUT2D eigenvalue weighted by Gasteiger charge is 2.64. The van der Waals surface area contributed by atoms with Crippen LogP contribution in [0.1, 0.15) is 0 Å². The molecule has 0 rings (SSSR count). The van der Waals surface area contributed by atoms with Crippen molar-refractivity contribution < 1.29 is 68.1 Å². The first-order valence-electron chi connectivity index (χ1n) is 4.79. The zero-order valence-electron chi connectivity index (χ0n) is 10.4. The number of carbonyl (C=O) groups is 3. The second-order valence-corrected chi connectivity index (χ2v) is 7.11. The van der Waals surface area contributed by atoms with Gasteiger partial charge in [-0.25, -0.2) is 0 Å². The van der Waals surface area contributed by atoms with Crippen LogP contribution in [-0.4, -0.2) is 43.9 Å². The van der Waals surface area contributed by atoms with Gasteiger partial charge in [-0.15, -0.1) is 39.5 Å². The lowest BCUT2D eigenvalue weighted by molar-refractivity contribution is -0.289. The molecular weight excluding hydrogens is 379 g/mol. The molecule has 0 aliphatic rings. The van der Waals surface area contributed by atoms with Gasteiger partial charge in [-0.3, -0.25) is 14.4 Å². The van der Waals surface area contributed by atoms with Gasteiger partial charge in [-0.2, -0.15) is 0 Å². The minimum atomic E-state index is -6.13. The smallest absolute Gasteiger partial charge is 0.377 e. The van der Waals surface area contributed by atoms with Crippen molar-refractivity contribution in [2.24, 2.45) is 0 Å². The number of carbonyl (C=O) groups excluding carboxylic acids is 3. The molecule has 0 saturated carbocycles. The summed E-state index contributed by atoms with van der Waals surface area (Å²) in [6, 6.07) is 0. The Balaban J connectivity index is 5.74. The highest BCUT2D eigenvalue weighted by atomic mass is 28.3. The van der Waals surface area contributed by atoms with E-state index in [9.17, 15) is 53.9 Å². The monoisotopic (exact) mass is 382 g/mol. The van der Waals surface area contributed by atoms with Gasteiger partial charge in [-0.05, 0) is 6.55 Å². The second-order valence-electron chi connectivity index (χ2n) is 3.63. The summed E-state index contributed by atoms with van der Waals surface area (Å²) in [4.78, 5) is 33.4. The third-order valence-electron chi connectivity index (χ3n) is 1.85. The van der Waals surface area contributed by atoms with Gasteiger partial charge in [0.05, 0.1) is 0 Å². The van der Waals surface area contributed by atoms with Crippen molar-refractivity contribution in [2.45, 2.75) is 25.6 Å². The first kappa shape index (κ1) is 21.0. The number of halogens is 9. The van der Waals surface area contributed by atoms with Gasteiger partial charge >= 0.3 is 43.9 Å². The quantitative estimate of drug-likeness (QED) is 0.420. The van der Waals surface area contributed by atoms with Crippen LogP contribution in [0.2, 0.25) is 6.55 Å². The fourth-order valence-electron chi connectivity index (χ4n) is 0.872. The van der Waals surface area contributed by atoms with Gasteiger partial charge < -0.3 is 14.2 Å². The molecule has 0 atom stereocenters. The van der Waals surface area contributed by atoms with E-state index in [2.05, 4.69) is 14.2 Å². The van der Waals surface area contributed by atoms with E-state index in [4.69, 9.17) is 0 Å². The molecule has 0 N–H and O–H groups in total. The van der Waals surface area contributed by atoms with Gasteiger partial charge in [0.25, 0.3) is 0 Å². The maximum absolute atomic E-state index is 11.9. The predicted molar refractivity (Wildman–Crippen MR) is 49.2 cm³/mol. The van der Waals surface area contributed by atoms with Gasteiger partial charge in [0, 0.05) is 0 Å². The molecule has 16 heteroatoms. The van der Waals surface area contributed by atoms with Crippen molar-refractivity contribution in [1.82, 2.24) is 0 Å². The molecular formula is C7H3F9O6Si. The zero-order valence-corrected chi connectivity index (χ0v) is 11.4. The Morgan fingerprint density at radius 2 is 0.783 bits per heavy atom. The summed E-state index contributed by atoms with van der Waals surface area (Å²) in [6.45, 7) is -0.191. The summed E-state index contributed by atoms with van der Waals surface area (Å²) in [5, 5.41) is 0. The molecule has 0 bridgehead atoms. The number of rotatable bonds is 3. The van der Waals surface area contributed by atoms with Crippen LogP contribution in [-0.2, 0) is 14.2 Å². The summed E-state index contributed by atoms with van der Waals surface area (Å²) in [5.74, 6) is 0. The Kier molecular flexibility index (Phi) is 5.70. The Morgan fingerprint density at radius 1 is 0.609 bits per heavy atom. The van der Waals surface area contributed by atoms with Crippen LogP contribution in [0.25, 0.3) is 0 Å². The third-order valence-corrected chi connectivity index (χ3v) is 4.61. The average molecular weight is 382 g/mol. The topological polar surface area (TPSA) is 78.9 Å². The largest absolute Gasteiger partial charge is 0.574 e. The Labute approximate surface area is 120 Å². The predicted octanol–water partition coefficient (Wildman–Crippen LogP) is 3.78. The molecule has 0 unspecified atom stereocenters. The first-order valence-corrected chi connectivity index (χ1v) is 7.29. The average Bonchev–Trinajstić information content (AvgIpc) is 2.19. The number of alkyl halides is 9. The lowest BCUT2D eigenvalue weighted by Crippen LogP contribution is -2.60. The van der Waals surface area contributed by atoms with Crippen molar-refractivity contribution in [2.75, 3.05) is 0 Å². The maximum Gasteiger partial charge on any atom is 0.574 e. The molecule has 0 aromatic carbocycles. The van der Waals surface area contributed by atoms with Gasteiger partial charge in [0.1, 0.15) is 0 Å². The van der Waals surface area contributed by atoms with Gasteiger partial charge in [0.2, 0.25) is 0 Å². The van der Waals surface area contributed by atoms with Crippen LogP contribution in [0.5, 0.6) is 0 Å². The summed E-state index contributed by atoms with van der Waals surface area (Å²) < 4.78 is 115. The molecule has 0 saturated heterocycles. The lowest BCUT2D eigenvalue weighted by atomic mass is 11.2. The van der Waals surface area contributed by atoms with E-state index in [1.54, 1.807) is 0 Å². The normalized spacial score (nSPS) is 13.3. The maximum atomic E-state index is 11.9. The van der Waals surface area contributed by atoms with E-state index in [0.29, 0.717) is 0 Å². The molecule has 0 aromatic heterocycles. The van der Waals surface area contributed by atoms with Gasteiger partial charge in [0.15, 0.2) is 0 Å². The second kappa shape index (κ2) is 6.24. The molecule has 0 radical (unpaired) electrons.